The van der Waals surface area contributed by atoms with E-state index in [-0.39, 0.29) is 0 Å². The maximum atomic E-state index is 12.4. The van der Waals surface area contributed by atoms with Gasteiger partial charge in [-0.15, -0.1) is 10.2 Å². The molecular formula is C12H14F3N3O2. The maximum absolute atomic E-state index is 12.4. The summed E-state index contributed by atoms with van der Waals surface area (Å²) >= 11 is 0. The van der Waals surface area contributed by atoms with Crippen LogP contribution in [0.15, 0.2) is 12.1 Å². The summed E-state index contributed by atoms with van der Waals surface area (Å²) in [6, 6.07) is 2.15. The van der Waals surface area contributed by atoms with Crippen molar-refractivity contribution in [2.45, 2.75) is 25.9 Å². The van der Waals surface area contributed by atoms with Gasteiger partial charge in [0.25, 0.3) is 0 Å². The van der Waals surface area contributed by atoms with Crippen LogP contribution in [0, 0.1) is 5.41 Å². The average molecular weight is 289 g/mol. The van der Waals surface area contributed by atoms with E-state index in [0.717, 1.165) is 6.07 Å². The van der Waals surface area contributed by atoms with Gasteiger partial charge in [-0.05, 0) is 31.9 Å². The van der Waals surface area contributed by atoms with Crippen LogP contribution in [-0.2, 0) is 11.0 Å². The van der Waals surface area contributed by atoms with Crippen LogP contribution in [0.3, 0.4) is 0 Å². The van der Waals surface area contributed by atoms with Gasteiger partial charge in [0.15, 0.2) is 11.5 Å². The number of aromatic nitrogens is 2. The molecule has 5 nitrogen and oxygen atoms in total. The Kier molecular flexibility index (Phi) is 3.58. The fourth-order valence-electron chi connectivity index (χ4n) is 2.09. The Labute approximate surface area is 113 Å². The highest BCUT2D eigenvalue weighted by molar-refractivity contribution is 5.74. The third kappa shape index (κ3) is 2.83. The van der Waals surface area contributed by atoms with E-state index in [9.17, 15) is 18.0 Å². The molecule has 0 aromatic carbocycles. The topological polar surface area (TPSA) is 66.3 Å². The zero-order valence-electron chi connectivity index (χ0n) is 10.8. The zero-order valence-corrected chi connectivity index (χ0v) is 10.8. The molecule has 0 saturated carbocycles. The van der Waals surface area contributed by atoms with E-state index < -0.39 is 23.3 Å². The molecule has 1 aliphatic rings. The number of anilines is 1. The van der Waals surface area contributed by atoms with Gasteiger partial charge in [0.05, 0.1) is 5.41 Å². The van der Waals surface area contributed by atoms with Crippen molar-refractivity contribution < 1.29 is 23.1 Å². The highest BCUT2D eigenvalue weighted by atomic mass is 19.4. The number of carbonyl (C=O) groups is 1. The fraction of sp³-hybridized carbons (Fsp3) is 0.583. The molecule has 0 amide bonds. The Bertz CT molecular complexity index is 494. The molecule has 0 unspecified atom stereocenters. The summed E-state index contributed by atoms with van der Waals surface area (Å²) in [5.41, 5.74) is -1.82. The van der Waals surface area contributed by atoms with Crippen LogP contribution in [0.2, 0.25) is 0 Å². The van der Waals surface area contributed by atoms with Crippen LogP contribution in [-0.4, -0.2) is 34.4 Å². The molecule has 20 heavy (non-hydrogen) atoms. The minimum Gasteiger partial charge on any atom is -0.481 e. The monoisotopic (exact) mass is 289 g/mol. The Morgan fingerprint density at radius 3 is 2.30 bits per heavy atom. The molecule has 0 aliphatic carbocycles. The largest absolute Gasteiger partial charge is 0.481 e. The second-order valence-electron chi connectivity index (χ2n) is 5.13. The number of hydrogen-bond acceptors (Lipinski definition) is 4. The van der Waals surface area contributed by atoms with Crippen molar-refractivity contribution in [1.82, 2.24) is 10.2 Å². The van der Waals surface area contributed by atoms with Gasteiger partial charge in [0.2, 0.25) is 0 Å². The number of rotatable bonds is 2. The quantitative estimate of drug-likeness (QED) is 0.904. The molecule has 0 radical (unpaired) electrons. The molecule has 1 saturated heterocycles. The number of alkyl halides is 3. The predicted molar refractivity (Wildman–Crippen MR) is 64.2 cm³/mol. The van der Waals surface area contributed by atoms with E-state index in [4.69, 9.17) is 5.11 Å². The summed E-state index contributed by atoms with van der Waals surface area (Å²) in [5.74, 6) is -0.513. The van der Waals surface area contributed by atoms with Gasteiger partial charge in [0, 0.05) is 13.1 Å². The van der Waals surface area contributed by atoms with Crippen molar-refractivity contribution in [2.24, 2.45) is 5.41 Å². The highest BCUT2D eigenvalue weighted by Gasteiger charge is 2.37. The molecule has 0 spiro atoms. The van der Waals surface area contributed by atoms with Crippen LogP contribution in [0.5, 0.6) is 0 Å². The van der Waals surface area contributed by atoms with Gasteiger partial charge in [-0.2, -0.15) is 13.2 Å². The highest BCUT2D eigenvalue weighted by Crippen LogP contribution is 2.33. The SMILES string of the molecule is CC1(C(=O)O)CCN(c2ccc(C(F)(F)F)nn2)CC1. The lowest BCUT2D eigenvalue weighted by atomic mass is 9.80. The van der Waals surface area contributed by atoms with Gasteiger partial charge in [0.1, 0.15) is 0 Å². The molecule has 8 heteroatoms. The van der Waals surface area contributed by atoms with Gasteiger partial charge in [-0.1, -0.05) is 0 Å². The Morgan fingerprint density at radius 2 is 1.90 bits per heavy atom. The minimum atomic E-state index is -4.50. The first kappa shape index (κ1) is 14.5. The molecule has 1 N–H and O–H groups in total. The van der Waals surface area contributed by atoms with Gasteiger partial charge in [-0.25, -0.2) is 0 Å². The number of carboxylic acids is 1. The molecule has 1 fully saturated rings. The van der Waals surface area contributed by atoms with E-state index in [0.29, 0.717) is 31.7 Å². The maximum Gasteiger partial charge on any atom is 0.435 e. The van der Waals surface area contributed by atoms with Crippen molar-refractivity contribution in [2.75, 3.05) is 18.0 Å². The van der Waals surface area contributed by atoms with Crippen LogP contribution in [0.4, 0.5) is 19.0 Å². The van der Waals surface area contributed by atoms with Crippen molar-refractivity contribution in [1.29, 1.82) is 0 Å². The van der Waals surface area contributed by atoms with E-state index in [1.807, 2.05) is 0 Å². The lowest BCUT2D eigenvalue weighted by Crippen LogP contribution is -2.43. The van der Waals surface area contributed by atoms with Crippen LogP contribution >= 0.6 is 0 Å². The summed E-state index contributed by atoms with van der Waals surface area (Å²) in [6.45, 7) is 2.54. The Morgan fingerprint density at radius 1 is 1.30 bits per heavy atom. The van der Waals surface area contributed by atoms with Crippen molar-refractivity contribution in [3.8, 4) is 0 Å². The zero-order chi connectivity index (χ0) is 15.0. The van der Waals surface area contributed by atoms with Gasteiger partial charge >= 0.3 is 12.1 Å². The number of aliphatic carboxylic acids is 1. The molecule has 0 bridgehead atoms. The van der Waals surface area contributed by atoms with E-state index in [1.165, 1.54) is 6.07 Å². The lowest BCUT2D eigenvalue weighted by molar-refractivity contribution is -0.149. The van der Waals surface area contributed by atoms with E-state index in [2.05, 4.69) is 10.2 Å². The minimum absolute atomic E-state index is 0.338. The summed E-state index contributed by atoms with van der Waals surface area (Å²) in [4.78, 5) is 12.9. The second kappa shape index (κ2) is 4.92. The van der Waals surface area contributed by atoms with Gasteiger partial charge < -0.3 is 10.0 Å². The van der Waals surface area contributed by atoms with Crippen molar-refractivity contribution >= 4 is 11.8 Å². The second-order valence-corrected chi connectivity index (χ2v) is 5.13. The first-order chi connectivity index (χ1) is 9.22. The molecule has 1 aromatic heterocycles. The molecule has 0 atom stereocenters. The number of nitrogens with zero attached hydrogens (tertiary/aromatic N) is 3. The molecule has 1 aromatic rings. The molecular weight excluding hydrogens is 275 g/mol. The summed E-state index contributed by atoms with van der Waals surface area (Å²) in [5, 5.41) is 15.8. The standard InChI is InChI=1S/C12H14F3N3O2/c1-11(10(19)20)4-6-18(7-5-11)9-3-2-8(16-17-9)12(13,14)15/h2-3H,4-7H2,1H3,(H,19,20). The van der Waals surface area contributed by atoms with Crippen LogP contribution in [0.1, 0.15) is 25.5 Å². The smallest absolute Gasteiger partial charge is 0.435 e. The van der Waals surface area contributed by atoms with Crippen LogP contribution in [0.25, 0.3) is 0 Å². The van der Waals surface area contributed by atoms with E-state index >= 15 is 0 Å². The fourth-order valence-corrected chi connectivity index (χ4v) is 2.09. The van der Waals surface area contributed by atoms with Crippen LogP contribution < -0.4 is 4.90 Å². The third-order valence-electron chi connectivity index (χ3n) is 3.65. The number of hydrogen-bond donors (Lipinski definition) is 1. The van der Waals surface area contributed by atoms with Gasteiger partial charge in [-0.3, -0.25) is 4.79 Å². The number of piperidine rings is 1. The number of carboxylic acid groups (broad SMARTS) is 1. The first-order valence-electron chi connectivity index (χ1n) is 6.12. The van der Waals surface area contributed by atoms with E-state index in [1.54, 1.807) is 11.8 Å². The summed E-state index contributed by atoms with van der Waals surface area (Å²) < 4.78 is 37.1. The molecule has 2 rings (SSSR count). The normalized spacial score (nSPS) is 18.9. The van der Waals surface area contributed by atoms with Crippen molar-refractivity contribution in [3.05, 3.63) is 17.8 Å². The first-order valence-corrected chi connectivity index (χ1v) is 6.12. The number of halogens is 3. The third-order valence-corrected chi connectivity index (χ3v) is 3.65. The Hall–Kier alpha value is -1.86. The molecule has 2 heterocycles. The molecule has 1 aliphatic heterocycles. The Balaban J connectivity index is 2.06. The summed E-state index contributed by atoms with van der Waals surface area (Å²) in [6.07, 6.45) is -3.66. The van der Waals surface area contributed by atoms with Crippen molar-refractivity contribution in [3.63, 3.8) is 0 Å². The molecule has 110 valence electrons. The lowest BCUT2D eigenvalue weighted by Gasteiger charge is -2.36. The summed E-state index contributed by atoms with van der Waals surface area (Å²) in [7, 11) is 0. The predicted octanol–water partition coefficient (Wildman–Crippen LogP) is 2.19. The average Bonchev–Trinajstić information content (AvgIpc) is 2.38.